The van der Waals surface area contributed by atoms with Gasteiger partial charge in [0.05, 0.1) is 16.8 Å². The highest BCUT2D eigenvalue weighted by atomic mass is 15.2. The van der Waals surface area contributed by atoms with Crippen LogP contribution in [0, 0.1) is 0 Å². The van der Waals surface area contributed by atoms with Gasteiger partial charge in [-0.1, -0.05) is 152 Å². The fourth-order valence-electron chi connectivity index (χ4n) is 10.7. The van der Waals surface area contributed by atoms with Crippen LogP contribution in [-0.4, -0.2) is 0 Å². The van der Waals surface area contributed by atoms with Crippen molar-refractivity contribution in [2.24, 2.45) is 0 Å². The molecule has 2 nitrogen and oxygen atoms in total. The molecule has 280 valence electrons. The zero-order valence-electron chi connectivity index (χ0n) is 32.9. The van der Waals surface area contributed by atoms with E-state index in [-0.39, 0.29) is 0 Å². The molecule has 0 saturated carbocycles. The topological polar surface area (TPSA) is 6.48 Å². The maximum Gasteiger partial charge on any atom is 0.0727 e. The van der Waals surface area contributed by atoms with E-state index in [4.69, 9.17) is 0 Å². The lowest BCUT2D eigenvalue weighted by Gasteiger charge is -2.34. The van der Waals surface area contributed by atoms with Crippen LogP contribution in [0.15, 0.2) is 206 Å². The molecule has 0 fully saturated rings. The summed E-state index contributed by atoms with van der Waals surface area (Å²) in [7, 11) is 0. The summed E-state index contributed by atoms with van der Waals surface area (Å²) in [5.74, 6) is 0. The van der Waals surface area contributed by atoms with Crippen LogP contribution < -0.4 is 9.80 Å². The van der Waals surface area contributed by atoms with Gasteiger partial charge >= 0.3 is 0 Å². The molecule has 0 unspecified atom stereocenters. The SMILES string of the molecule is C1=CCCC(N(c2ccc3c(c2)C2(c4ccccc4-c4ccccc42)c2cc(N(c4ccccc4)c4cccc5c4C=CCC5)ccc2-3)c2cccc3ccccc23)=C1. The molecule has 8 aromatic carbocycles. The van der Waals surface area contributed by atoms with Crippen molar-refractivity contribution in [1.82, 2.24) is 0 Å². The molecule has 0 aliphatic heterocycles. The number of anilines is 5. The van der Waals surface area contributed by atoms with E-state index in [1.807, 2.05) is 0 Å². The van der Waals surface area contributed by atoms with Gasteiger partial charge in [-0.05, 0) is 136 Å². The van der Waals surface area contributed by atoms with E-state index in [0.29, 0.717) is 0 Å². The zero-order valence-corrected chi connectivity index (χ0v) is 32.9. The Balaban J connectivity index is 1.13. The Morgan fingerprint density at radius 1 is 0.424 bits per heavy atom. The van der Waals surface area contributed by atoms with Gasteiger partial charge in [0.15, 0.2) is 0 Å². The largest absolute Gasteiger partial charge is 0.314 e. The highest BCUT2D eigenvalue weighted by Crippen LogP contribution is 2.64. The average molecular weight is 755 g/mol. The number of rotatable bonds is 6. The summed E-state index contributed by atoms with van der Waals surface area (Å²) in [6.07, 6.45) is 15.6. The Bertz CT molecular complexity index is 3020. The summed E-state index contributed by atoms with van der Waals surface area (Å²) in [4.78, 5) is 5.01. The third-order valence-electron chi connectivity index (χ3n) is 13.2. The molecule has 1 spiro atoms. The first kappa shape index (κ1) is 33.9. The minimum absolute atomic E-state index is 0.520. The number of aryl methyl sites for hydroxylation is 1. The summed E-state index contributed by atoms with van der Waals surface area (Å²) >= 11 is 0. The molecular formula is C57H42N2. The molecule has 0 atom stereocenters. The lowest BCUT2D eigenvalue weighted by Crippen LogP contribution is -2.27. The predicted octanol–water partition coefficient (Wildman–Crippen LogP) is 15.0. The molecule has 0 amide bonds. The summed E-state index contributed by atoms with van der Waals surface area (Å²) in [5.41, 5.74) is 20.0. The second-order valence-corrected chi connectivity index (χ2v) is 16.2. The maximum atomic E-state index is 2.53. The van der Waals surface area contributed by atoms with Crippen molar-refractivity contribution in [1.29, 1.82) is 0 Å². The normalized spacial score (nSPS) is 14.9. The molecule has 0 saturated heterocycles. The highest BCUT2D eigenvalue weighted by molar-refractivity contribution is 6.00. The Labute approximate surface area is 346 Å². The van der Waals surface area contributed by atoms with Crippen LogP contribution in [0.5, 0.6) is 0 Å². The predicted molar refractivity (Wildman–Crippen MR) is 247 cm³/mol. The number of benzene rings is 8. The van der Waals surface area contributed by atoms with Crippen LogP contribution in [0.3, 0.4) is 0 Å². The molecule has 0 bridgehead atoms. The molecule has 4 aliphatic rings. The number of nitrogens with zero attached hydrogens (tertiary/aromatic N) is 2. The fourth-order valence-corrected chi connectivity index (χ4v) is 10.7. The third kappa shape index (κ3) is 5.06. The lowest BCUT2D eigenvalue weighted by atomic mass is 9.70. The summed E-state index contributed by atoms with van der Waals surface area (Å²) < 4.78 is 0. The molecule has 0 heterocycles. The molecule has 0 radical (unpaired) electrons. The second kappa shape index (κ2) is 13.5. The van der Waals surface area contributed by atoms with Crippen molar-refractivity contribution < 1.29 is 0 Å². The quantitative estimate of drug-likeness (QED) is 0.167. The van der Waals surface area contributed by atoms with Crippen molar-refractivity contribution in [3.05, 3.63) is 239 Å². The fraction of sp³-hybridized carbons (Fsp3) is 0.0877. The van der Waals surface area contributed by atoms with E-state index in [1.165, 1.54) is 89.2 Å². The van der Waals surface area contributed by atoms with Crippen LogP contribution in [0.25, 0.3) is 39.1 Å². The van der Waals surface area contributed by atoms with Crippen molar-refractivity contribution in [3.63, 3.8) is 0 Å². The Kier molecular flexibility index (Phi) is 7.74. The number of fused-ring (bicyclic) bond motifs is 12. The molecule has 12 rings (SSSR count). The van der Waals surface area contributed by atoms with Crippen molar-refractivity contribution in [2.45, 2.75) is 31.1 Å². The molecule has 2 heteroatoms. The van der Waals surface area contributed by atoms with Crippen molar-refractivity contribution >= 4 is 45.3 Å². The van der Waals surface area contributed by atoms with Crippen LogP contribution in [-0.2, 0) is 11.8 Å². The van der Waals surface area contributed by atoms with Crippen LogP contribution >= 0.6 is 0 Å². The maximum absolute atomic E-state index is 2.53. The van der Waals surface area contributed by atoms with E-state index in [2.05, 4.69) is 216 Å². The number of para-hydroxylation sites is 1. The van der Waals surface area contributed by atoms with E-state index in [1.54, 1.807) is 0 Å². The van der Waals surface area contributed by atoms with E-state index < -0.39 is 5.41 Å². The number of hydrogen-bond acceptors (Lipinski definition) is 2. The molecule has 0 N–H and O–H groups in total. The second-order valence-electron chi connectivity index (χ2n) is 16.2. The Morgan fingerprint density at radius 2 is 1.03 bits per heavy atom. The van der Waals surface area contributed by atoms with Gasteiger partial charge in [0, 0.05) is 33.7 Å². The van der Waals surface area contributed by atoms with E-state index in [0.717, 1.165) is 37.1 Å². The first-order valence-electron chi connectivity index (χ1n) is 21.0. The monoisotopic (exact) mass is 754 g/mol. The summed E-state index contributed by atoms with van der Waals surface area (Å²) in [6, 6.07) is 66.1. The number of hydrogen-bond donors (Lipinski definition) is 0. The minimum atomic E-state index is -0.520. The molecule has 0 aromatic heterocycles. The third-order valence-corrected chi connectivity index (χ3v) is 13.2. The molecule has 59 heavy (non-hydrogen) atoms. The van der Waals surface area contributed by atoms with Gasteiger partial charge in [0.2, 0.25) is 0 Å². The first-order valence-corrected chi connectivity index (χ1v) is 21.0. The Morgan fingerprint density at radius 3 is 1.78 bits per heavy atom. The van der Waals surface area contributed by atoms with Crippen LogP contribution in [0.4, 0.5) is 28.4 Å². The van der Waals surface area contributed by atoms with Gasteiger partial charge in [0.25, 0.3) is 0 Å². The zero-order chi connectivity index (χ0) is 38.9. The van der Waals surface area contributed by atoms with Gasteiger partial charge in [0.1, 0.15) is 0 Å². The smallest absolute Gasteiger partial charge is 0.0727 e. The summed E-state index contributed by atoms with van der Waals surface area (Å²) in [6.45, 7) is 0. The van der Waals surface area contributed by atoms with E-state index >= 15 is 0 Å². The highest BCUT2D eigenvalue weighted by Gasteiger charge is 2.52. The van der Waals surface area contributed by atoms with Gasteiger partial charge in [-0.2, -0.15) is 0 Å². The average Bonchev–Trinajstić information content (AvgIpc) is 3.77. The van der Waals surface area contributed by atoms with Crippen molar-refractivity contribution in [2.75, 3.05) is 9.80 Å². The van der Waals surface area contributed by atoms with Gasteiger partial charge < -0.3 is 9.80 Å². The van der Waals surface area contributed by atoms with E-state index in [9.17, 15) is 0 Å². The van der Waals surface area contributed by atoms with Gasteiger partial charge in [-0.15, -0.1) is 0 Å². The summed E-state index contributed by atoms with van der Waals surface area (Å²) in [5, 5.41) is 2.50. The van der Waals surface area contributed by atoms with Gasteiger partial charge in [-0.3, -0.25) is 0 Å². The molecule has 4 aliphatic carbocycles. The van der Waals surface area contributed by atoms with Crippen molar-refractivity contribution in [3.8, 4) is 22.3 Å². The standard InChI is InChI=1S/C57H42N2/c1-3-21-41(22-4-1)58(55-31-15-19-39-17-7-9-25-45(39)55)43-33-35-49-50-36-34-44(59(42-23-5-2-6-24-42)56-32-16-20-40-18-8-10-26-46(40)56)38-54(50)57(53(49)37-43)51-29-13-11-27-47(51)48-28-12-14-30-52(48)57/h1-5,8-16,18-23,25-38H,6-7,17,24H2. The molecule has 8 aromatic rings. The minimum Gasteiger partial charge on any atom is -0.314 e. The van der Waals surface area contributed by atoms with Crippen LogP contribution in [0.2, 0.25) is 0 Å². The van der Waals surface area contributed by atoms with Gasteiger partial charge in [-0.25, -0.2) is 0 Å². The van der Waals surface area contributed by atoms with Crippen LogP contribution in [0.1, 0.15) is 52.6 Å². The first-order chi connectivity index (χ1) is 29.3. The lowest BCUT2D eigenvalue weighted by molar-refractivity contribution is 0.793. The number of allylic oxidation sites excluding steroid dienone is 5. The molecular weight excluding hydrogens is 713 g/mol. The Hall–Kier alpha value is -7.16.